The lowest BCUT2D eigenvalue weighted by atomic mass is 9.87. The van der Waals surface area contributed by atoms with E-state index in [4.69, 9.17) is 4.89 Å². The summed E-state index contributed by atoms with van der Waals surface area (Å²) in [5.41, 5.74) is -0.828. The van der Waals surface area contributed by atoms with E-state index in [-0.39, 0.29) is 12.0 Å². The van der Waals surface area contributed by atoms with Gasteiger partial charge in [0.15, 0.2) is 0 Å². The molecule has 0 radical (unpaired) electrons. The zero-order chi connectivity index (χ0) is 15.3. The molecule has 3 N–H and O–H groups in total. The number of carbonyl (C=O) groups is 1. The molecule has 0 heterocycles. The fraction of sp³-hybridized carbons (Fsp3) is 0.917. The molecule has 0 fully saturated rings. The van der Waals surface area contributed by atoms with Gasteiger partial charge < -0.3 is 10.4 Å². The Kier molecular flexibility index (Phi) is 7.08. The second kappa shape index (κ2) is 7.29. The average molecular weight is 294 g/mol. The smallest absolute Gasteiger partial charge is 0.383 e. The van der Waals surface area contributed by atoms with E-state index in [9.17, 15) is 14.5 Å². The lowest BCUT2D eigenvalue weighted by Gasteiger charge is -2.27. The highest BCUT2D eigenvalue weighted by atomic mass is 31.1. The topological polar surface area (TPSA) is 95.9 Å². The second-order valence-corrected chi connectivity index (χ2v) is 7.24. The van der Waals surface area contributed by atoms with Gasteiger partial charge in [-0.25, -0.2) is 0 Å². The third-order valence-corrected chi connectivity index (χ3v) is 3.06. The van der Waals surface area contributed by atoms with E-state index >= 15 is 0 Å². The number of hydrogen-bond acceptors (Lipinski definition) is 4. The number of nitrogens with one attached hydrogen (secondary N) is 1. The van der Waals surface area contributed by atoms with E-state index in [1.165, 1.54) is 0 Å². The number of hydrogen-bond donors (Lipinski definition) is 3. The third-order valence-electron chi connectivity index (χ3n) is 2.71. The van der Waals surface area contributed by atoms with Crippen LogP contribution in [0.4, 0.5) is 0 Å². The molecule has 0 aromatic heterocycles. The fourth-order valence-corrected chi connectivity index (χ4v) is 1.76. The zero-order valence-corrected chi connectivity index (χ0v) is 13.2. The molecule has 2 atom stereocenters. The van der Waals surface area contributed by atoms with Crippen LogP contribution in [0.3, 0.4) is 0 Å². The SMILES string of the molecule is CC(C)(C)CCNC(=O)C(O)C(C)(C)CO[P+](=O)O. The molecule has 0 spiro atoms. The molecule has 6 nitrogen and oxygen atoms in total. The van der Waals surface area contributed by atoms with Gasteiger partial charge in [0, 0.05) is 16.5 Å². The predicted octanol–water partition coefficient (Wildman–Crippen LogP) is 1.59. The molecule has 0 saturated carbocycles. The van der Waals surface area contributed by atoms with Crippen molar-refractivity contribution in [3.63, 3.8) is 0 Å². The Morgan fingerprint density at radius 3 is 2.26 bits per heavy atom. The maximum absolute atomic E-state index is 11.8. The van der Waals surface area contributed by atoms with Gasteiger partial charge in [-0.2, -0.15) is 0 Å². The molecule has 112 valence electrons. The van der Waals surface area contributed by atoms with Crippen molar-refractivity contribution in [1.82, 2.24) is 5.32 Å². The van der Waals surface area contributed by atoms with E-state index in [0.29, 0.717) is 6.54 Å². The van der Waals surface area contributed by atoms with Gasteiger partial charge in [0.1, 0.15) is 12.7 Å². The van der Waals surface area contributed by atoms with Crippen LogP contribution in [-0.4, -0.2) is 35.2 Å². The monoisotopic (exact) mass is 294 g/mol. The van der Waals surface area contributed by atoms with E-state index < -0.39 is 25.7 Å². The molecule has 0 bridgehead atoms. The first kappa shape index (κ1) is 18.4. The Labute approximate surface area is 115 Å². The van der Waals surface area contributed by atoms with Gasteiger partial charge in [0.2, 0.25) is 5.91 Å². The minimum absolute atomic E-state index is 0.103. The van der Waals surface area contributed by atoms with Crippen LogP contribution in [-0.2, 0) is 13.9 Å². The molecule has 0 aromatic rings. The van der Waals surface area contributed by atoms with Crippen LogP contribution in [0, 0.1) is 10.8 Å². The third kappa shape index (κ3) is 8.26. The average Bonchev–Trinajstić information content (AvgIpc) is 2.23. The van der Waals surface area contributed by atoms with Gasteiger partial charge in [-0.1, -0.05) is 34.6 Å². The van der Waals surface area contributed by atoms with Gasteiger partial charge in [-0.15, -0.1) is 9.42 Å². The second-order valence-electron chi connectivity index (χ2n) is 6.50. The first-order valence-corrected chi connectivity index (χ1v) is 7.33. The van der Waals surface area contributed by atoms with Crippen molar-refractivity contribution in [3.05, 3.63) is 0 Å². The molecule has 0 aliphatic heterocycles. The molecule has 0 aliphatic rings. The van der Waals surface area contributed by atoms with E-state index in [0.717, 1.165) is 6.42 Å². The van der Waals surface area contributed by atoms with Crippen molar-refractivity contribution in [1.29, 1.82) is 0 Å². The van der Waals surface area contributed by atoms with Crippen molar-refractivity contribution >= 4 is 14.2 Å². The normalized spacial score (nSPS) is 15.0. The lowest BCUT2D eigenvalue weighted by molar-refractivity contribution is -0.136. The van der Waals surface area contributed by atoms with E-state index in [1.54, 1.807) is 13.8 Å². The Morgan fingerprint density at radius 1 is 1.32 bits per heavy atom. The molecule has 2 unspecified atom stereocenters. The molecule has 0 aliphatic carbocycles. The molecule has 19 heavy (non-hydrogen) atoms. The van der Waals surface area contributed by atoms with Gasteiger partial charge in [0.05, 0.1) is 0 Å². The summed E-state index contributed by atoms with van der Waals surface area (Å²) in [6.07, 6.45) is -0.493. The molecule has 0 saturated heterocycles. The quantitative estimate of drug-likeness (QED) is 0.620. The van der Waals surface area contributed by atoms with Crippen LogP contribution in [0.5, 0.6) is 0 Å². The minimum atomic E-state index is -2.73. The van der Waals surface area contributed by atoms with Gasteiger partial charge >= 0.3 is 8.25 Å². The summed E-state index contributed by atoms with van der Waals surface area (Å²) in [5.74, 6) is -0.494. The van der Waals surface area contributed by atoms with Crippen LogP contribution in [0.1, 0.15) is 41.0 Å². The van der Waals surface area contributed by atoms with Gasteiger partial charge in [0.25, 0.3) is 0 Å². The van der Waals surface area contributed by atoms with Crippen molar-refractivity contribution in [2.75, 3.05) is 13.2 Å². The summed E-state index contributed by atoms with van der Waals surface area (Å²) < 4.78 is 15.0. The van der Waals surface area contributed by atoms with E-state index in [1.807, 2.05) is 0 Å². The summed E-state index contributed by atoms with van der Waals surface area (Å²) in [4.78, 5) is 20.3. The summed E-state index contributed by atoms with van der Waals surface area (Å²) >= 11 is 0. The molecule has 0 aromatic carbocycles. The van der Waals surface area contributed by atoms with E-state index in [2.05, 4.69) is 30.6 Å². The number of aliphatic hydroxyl groups is 1. The predicted molar refractivity (Wildman–Crippen MR) is 72.6 cm³/mol. The molecule has 7 heteroatoms. The maximum atomic E-state index is 11.8. The number of carbonyl (C=O) groups excluding carboxylic acids is 1. The number of aliphatic hydroxyl groups excluding tert-OH is 1. The van der Waals surface area contributed by atoms with Crippen LogP contribution in [0.25, 0.3) is 0 Å². The fourth-order valence-electron chi connectivity index (χ4n) is 1.31. The largest absolute Gasteiger partial charge is 0.694 e. The molecule has 0 rings (SSSR count). The minimum Gasteiger partial charge on any atom is -0.383 e. The Hall–Kier alpha value is -0.550. The van der Waals surface area contributed by atoms with Crippen LogP contribution in [0.2, 0.25) is 0 Å². The summed E-state index contributed by atoms with van der Waals surface area (Å²) in [5, 5.41) is 12.6. The van der Waals surface area contributed by atoms with Crippen LogP contribution >= 0.6 is 8.25 Å². The highest BCUT2D eigenvalue weighted by Crippen LogP contribution is 2.27. The Morgan fingerprint density at radius 2 is 1.84 bits per heavy atom. The number of amides is 1. The van der Waals surface area contributed by atoms with Crippen LogP contribution < -0.4 is 5.32 Å². The highest BCUT2D eigenvalue weighted by molar-refractivity contribution is 7.32. The number of rotatable bonds is 7. The first-order chi connectivity index (χ1) is 8.46. The first-order valence-electron chi connectivity index (χ1n) is 6.20. The van der Waals surface area contributed by atoms with Gasteiger partial charge in [-0.05, 0) is 11.8 Å². The summed E-state index contributed by atoms with van der Waals surface area (Å²) in [7, 11) is -2.73. The lowest BCUT2D eigenvalue weighted by Crippen LogP contribution is -2.46. The summed E-state index contributed by atoms with van der Waals surface area (Å²) in [6, 6.07) is 0. The van der Waals surface area contributed by atoms with Gasteiger partial charge in [-0.3, -0.25) is 4.79 Å². The molecular formula is C12H25NO5P+. The van der Waals surface area contributed by atoms with Crippen molar-refractivity contribution in [2.24, 2.45) is 10.8 Å². The highest BCUT2D eigenvalue weighted by Gasteiger charge is 2.36. The standard InChI is InChI=1S/C12H24NO5P/c1-11(2,3)6-7-13-10(15)9(14)12(4,5)8-18-19(16)17/h9,14H,6-8H2,1-5H3,(H-,13,15,16,17)/p+1. The summed E-state index contributed by atoms with van der Waals surface area (Å²) in [6.45, 7) is 9.68. The van der Waals surface area contributed by atoms with Crippen molar-refractivity contribution in [2.45, 2.75) is 47.1 Å². The molecular weight excluding hydrogens is 269 g/mol. The molecule has 1 amide bonds. The maximum Gasteiger partial charge on any atom is 0.694 e. The van der Waals surface area contributed by atoms with Crippen molar-refractivity contribution in [3.8, 4) is 0 Å². The zero-order valence-electron chi connectivity index (χ0n) is 12.3. The van der Waals surface area contributed by atoms with Crippen molar-refractivity contribution < 1.29 is 23.9 Å². The Balaban J connectivity index is 4.27. The Bertz CT molecular complexity index is 325. The van der Waals surface area contributed by atoms with Crippen LogP contribution in [0.15, 0.2) is 0 Å².